The molecule has 27 heavy (non-hydrogen) atoms. The van der Waals surface area contributed by atoms with Gasteiger partial charge in [0.15, 0.2) is 0 Å². The highest BCUT2D eigenvalue weighted by Gasteiger charge is 2.36. The van der Waals surface area contributed by atoms with E-state index >= 15 is 0 Å². The lowest BCUT2D eigenvalue weighted by Crippen LogP contribution is -2.46. The number of hydrogen-bond acceptors (Lipinski definition) is 4. The molecule has 0 bridgehead atoms. The van der Waals surface area contributed by atoms with Gasteiger partial charge in [0.2, 0.25) is 0 Å². The van der Waals surface area contributed by atoms with Gasteiger partial charge in [-0.3, -0.25) is 0 Å². The second kappa shape index (κ2) is 7.70. The number of urea groups is 1. The Balaban J connectivity index is 2.22. The van der Waals surface area contributed by atoms with E-state index in [0.717, 1.165) is 17.2 Å². The number of fused-ring (bicyclic) bond motifs is 1. The third-order valence-corrected chi connectivity index (χ3v) is 4.45. The summed E-state index contributed by atoms with van der Waals surface area (Å²) in [7, 11) is 0. The minimum absolute atomic E-state index is 0.0200. The molecule has 0 saturated carbocycles. The van der Waals surface area contributed by atoms with E-state index in [1.165, 1.54) is 0 Å². The van der Waals surface area contributed by atoms with Gasteiger partial charge in [0, 0.05) is 11.3 Å². The fraction of sp³-hybridized carbons (Fsp3) is 0.333. The van der Waals surface area contributed by atoms with Crippen molar-refractivity contribution < 1.29 is 19.4 Å². The Labute approximate surface area is 158 Å². The maximum Gasteiger partial charge on any atom is 0.338 e. The zero-order chi connectivity index (χ0) is 19.6. The molecule has 0 aliphatic carbocycles. The minimum atomic E-state index is -0.794. The fourth-order valence-electron chi connectivity index (χ4n) is 3.39. The summed E-state index contributed by atoms with van der Waals surface area (Å²) in [5, 5.41) is 17.8. The Morgan fingerprint density at radius 2 is 1.96 bits per heavy atom. The molecule has 1 aliphatic heterocycles. The van der Waals surface area contributed by atoms with E-state index in [-0.39, 0.29) is 11.9 Å². The highest BCUT2D eigenvalue weighted by Crippen LogP contribution is 2.38. The molecule has 0 aromatic heterocycles. The average Bonchev–Trinajstić information content (AvgIpc) is 2.60. The number of aromatic hydroxyl groups is 1. The van der Waals surface area contributed by atoms with E-state index in [2.05, 4.69) is 10.6 Å². The first-order valence-corrected chi connectivity index (χ1v) is 9.14. The van der Waals surface area contributed by atoms with Crippen molar-refractivity contribution in [2.75, 3.05) is 0 Å². The van der Waals surface area contributed by atoms with Gasteiger partial charge in [0.25, 0.3) is 0 Å². The Kier molecular flexibility index (Phi) is 5.35. The normalized spacial score (nSPS) is 17.0. The Morgan fingerprint density at radius 3 is 2.67 bits per heavy atom. The van der Waals surface area contributed by atoms with Gasteiger partial charge in [-0.1, -0.05) is 43.7 Å². The molecule has 6 heteroatoms. The van der Waals surface area contributed by atoms with Crippen molar-refractivity contribution in [1.29, 1.82) is 0 Å². The summed E-state index contributed by atoms with van der Waals surface area (Å²) in [6, 6.07) is 9.73. The summed E-state index contributed by atoms with van der Waals surface area (Å²) in [5.74, 6) is -0.482. The molecule has 0 saturated heterocycles. The molecule has 2 amide bonds. The smallest absolute Gasteiger partial charge is 0.338 e. The first-order chi connectivity index (χ1) is 12.9. The van der Waals surface area contributed by atoms with E-state index in [1.807, 2.05) is 31.2 Å². The fourth-order valence-corrected chi connectivity index (χ4v) is 3.39. The van der Waals surface area contributed by atoms with Crippen LogP contribution >= 0.6 is 0 Å². The zero-order valence-corrected chi connectivity index (χ0v) is 15.7. The lowest BCUT2D eigenvalue weighted by molar-refractivity contribution is -0.143. The summed E-state index contributed by atoms with van der Waals surface area (Å²) < 4.78 is 5.44. The second-order valence-corrected chi connectivity index (χ2v) is 6.85. The third kappa shape index (κ3) is 3.74. The maximum atomic E-state index is 12.9. The van der Waals surface area contributed by atoms with Crippen molar-refractivity contribution in [2.45, 2.75) is 45.8 Å². The van der Waals surface area contributed by atoms with Crippen LogP contribution in [0.15, 0.2) is 47.7 Å². The van der Waals surface area contributed by atoms with Crippen LogP contribution in [0.1, 0.15) is 45.2 Å². The maximum absolute atomic E-state index is 12.9. The molecule has 142 valence electrons. The first-order valence-electron chi connectivity index (χ1n) is 9.14. The number of nitrogens with one attached hydrogen (secondary N) is 2. The first kappa shape index (κ1) is 18.8. The van der Waals surface area contributed by atoms with Crippen LogP contribution in [0.3, 0.4) is 0 Å². The zero-order valence-electron chi connectivity index (χ0n) is 15.7. The van der Waals surface area contributed by atoms with Crippen LogP contribution in [0.2, 0.25) is 0 Å². The molecule has 0 radical (unpaired) electrons. The van der Waals surface area contributed by atoms with Crippen LogP contribution in [-0.4, -0.2) is 23.2 Å². The Morgan fingerprint density at radius 1 is 1.22 bits per heavy atom. The molecular weight excluding hydrogens is 344 g/mol. The van der Waals surface area contributed by atoms with Crippen molar-refractivity contribution in [3.05, 3.63) is 53.2 Å². The SMILES string of the molecule is CCCC1=C(C(=O)OC(C)C)C(c2c(O)ccc3ccccc23)NC(=O)N1. The Hall–Kier alpha value is -3.02. The largest absolute Gasteiger partial charge is 0.508 e. The number of allylic oxidation sites excluding steroid dienone is 1. The number of benzene rings is 2. The molecule has 6 nitrogen and oxygen atoms in total. The van der Waals surface area contributed by atoms with Gasteiger partial charge in [-0.2, -0.15) is 0 Å². The molecule has 1 atom stereocenters. The summed E-state index contributed by atoms with van der Waals surface area (Å²) in [5.41, 5.74) is 1.35. The highest BCUT2D eigenvalue weighted by atomic mass is 16.5. The van der Waals surface area contributed by atoms with Crippen molar-refractivity contribution in [2.24, 2.45) is 0 Å². The van der Waals surface area contributed by atoms with Crippen LogP contribution in [-0.2, 0) is 9.53 Å². The number of esters is 1. The van der Waals surface area contributed by atoms with Crippen molar-refractivity contribution in [3.63, 3.8) is 0 Å². The topological polar surface area (TPSA) is 87.7 Å². The highest BCUT2D eigenvalue weighted by molar-refractivity contribution is 5.98. The van der Waals surface area contributed by atoms with Crippen LogP contribution < -0.4 is 10.6 Å². The van der Waals surface area contributed by atoms with Gasteiger partial charge >= 0.3 is 12.0 Å². The second-order valence-electron chi connectivity index (χ2n) is 6.85. The summed E-state index contributed by atoms with van der Waals surface area (Å²) in [6.07, 6.45) is 0.979. The summed E-state index contributed by atoms with van der Waals surface area (Å²) in [4.78, 5) is 25.2. The van der Waals surface area contributed by atoms with Crippen LogP contribution in [0.4, 0.5) is 4.79 Å². The van der Waals surface area contributed by atoms with Crippen molar-refractivity contribution in [1.82, 2.24) is 10.6 Å². The molecule has 0 spiro atoms. The number of rotatable bonds is 5. The predicted molar refractivity (Wildman–Crippen MR) is 103 cm³/mol. The monoisotopic (exact) mass is 368 g/mol. The quantitative estimate of drug-likeness (QED) is 0.699. The standard InChI is InChI=1S/C21H24N2O4/c1-4-7-15-18(20(25)27-12(2)3)19(23-21(26)22-15)17-14-9-6-5-8-13(14)10-11-16(17)24/h5-6,8-12,19,24H,4,7H2,1-3H3,(H2,22,23,26). The van der Waals surface area contributed by atoms with Gasteiger partial charge < -0.3 is 20.5 Å². The van der Waals surface area contributed by atoms with Gasteiger partial charge in [-0.25, -0.2) is 9.59 Å². The van der Waals surface area contributed by atoms with Gasteiger partial charge in [-0.15, -0.1) is 0 Å². The number of carbonyl (C=O) groups excluding carboxylic acids is 2. The predicted octanol–water partition coefficient (Wildman–Crippen LogP) is 3.91. The minimum Gasteiger partial charge on any atom is -0.508 e. The lowest BCUT2D eigenvalue weighted by atomic mass is 9.89. The molecule has 1 unspecified atom stereocenters. The molecule has 3 N–H and O–H groups in total. The van der Waals surface area contributed by atoms with E-state index < -0.39 is 18.0 Å². The van der Waals surface area contributed by atoms with E-state index in [9.17, 15) is 14.7 Å². The number of ether oxygens (including phenoxy) is 1. The van der Waals surface area contributed by atoms with Gasteiger partial charge in [0.1, 0.15) is 5.75 Å². The van der Waals surface area contributed by atoms with Crippen molar-refractivity contribution in [3.8, 4) is 5.75 Å². The van der Waals surface area contributed by atoms with Crippen molar-refractivity contribution >= 4 is 22.8 Å². The average molecular weight is 368 g/mol. The van der Waals surface area contributed by atoms with E-state index in [4.69, 9.17) is 4.74 Å². The molecule has 0 fully saturated rings. The molecule has 1 heterocycles. The van der Waals surface area contributed by atoms with Crippen LogP contribution in [0.25, 0.3) is 10.8 Å². The summed E-state index contributed by atoms with van der Waals surface area (Å²) in [6.45, 7) is 5.52. The molecular formula is C21H24N2O4. The third-order valence-electron chi connectivity index (χ3n) is 4.45. The number of phenolic OH excluding ortho intramolecular Hbond substituents is 1. The van der Waals surface area contributed by atoms with Gasteiger partial charge in [-0.05, 0) is 37.1 Å². The Bertz CT molecular complexity index is 918. The number of phenols is 1. The molecule has 3 rings (SSSR count). The van der Waals surface area contributed by atoms with E-state index in [1.54, 1.807) is 26.0 Å². The molecule has 2 aromatic carbocycles. The van der Waals surface area contributed by atoms with Crippen LogP contribution in [0.5, 0.6) is 5.75 Å². The summed E-state index contributed by atoms with van der Waals surface area (Å²) >= 11 is 0. The number of carbonyl (C=O) groups is 2. The molecule has 2 aromatic rings. The lowest BCUT2D eigenvalue weighted by Gasteiger charge is -2.30. The van der Waals surface area contributed by atoms with Gasteiger partial charge in [0.05, 0.1) is 17.7 Å². The molecule has 1 aliphatic rings. The number of amides is 2. The van der Waals surface area contributed by atoms with E-state index in [0.29, 0.717) is 23.3 Å². The number of hydrogen-bond donors (Lipinski definition) is 3. The van der Waals surface area contributed by atoms with Crippen LogP contribution in [0, 0.1) is 0 Å².